The smallest absolute Gasteiger partial charge is 0.330 e. The second kappa shape index (κ2) is 6.30. The molecule has 0 aliphatic heterocycles. The highest BCUT2D eigenvalue weighted by Gasteiger charge is 2.05. The van der Waals surface area contributed by atoms with Crippen LogP contribution in [0.4, 0.5) is 5.69 Å². The summed E-state index contributed by atoms with van der Waals surface area (Å²) in [5.41, 5.74) is 0.860. The van der Waals surface area contributed by atoms with Crippen LogP contribution in [0.3, 0.4) is 0 Å². The molecule has 0 bridgehead atoms. The van der Waals surface area contributed by atoms with E-state index >= 15 is 0 Å². The molecule has 0 radical (unpaired) electrons. The molecule has 1 heterocycles. The van der Waals surface area contributed by atoms with E-state index in [-0.39, 0.29) is 11.2 Å². The first kappa shape index (κ1) is 14.9. The van der Waals surface area contributed by atoms with Crippen LogP contribution in [0.25, 0.3) is 0 Å². The van der Waals surface area contributed by atoms with Gasteiger partial charge in [0.15, 0.2) is 0 Å². The van der Waals surface area contributed by atoms with Crippen molar-refractivity contribution in [3.8, 4) is 5.75 Å². The van der Waals surface area contributed by atoms with E-state index in [4.69, 9.17) is 4.74 Å². The van der Waals surface area contributed by atoms with Crippen LogP contribution in [0.1, 0.15) is 12.6 Å². The Bertz CT molecular complexity index is 747. The topological polar surface area (TPSA) is 65.3 Å². The van der Waals surface area contributed by atoms with Crippen molar-refractivity contribution in [2.75, 3.05) is 11.9 Å². The number of benzene rings is 1. The van der Waals surface area contributed by atoms with E-state index in [9.17, 15) is 9.59 Å². The van der Waals surface area contributed by atoms with Gasteiger partial charge in [-0.25, -0.2) is 4.79 Å². The lowest BCUT2D eigenvalue weighted by atomic mass is 10.3. The quantitative estimate of drug-likeness (QED) is 0.895. The maximum atomic E-state index is 11.8. The van der Waals surface area contributed by atoms with Crippen molar-refractivity contribution in [1.29, 1.82) is 0 Å². The summed E-state index contributed by atoms with van der Waals surface area (Å²) < 4.78 is 7.97. The largest absolute Gasteiger partial charge is 0.494 e. The van der Waals surface area contributed by atoms with Crippen molar-refractivity contribution in [3.05, 3.63) is 56.9 Å². The molecule has 0 atom stereocenters. The molecule has 0 saturated heterocycles. The standard InChI is InChI=1S/C15H19N3O3/c1-4-21-13-7-5-6-11(8-13)16-10-12-9-14(19)18(3)15(20)17(12)2/h5-9,16H,4,10H2,1-3H3. The van der Waals surface area contributed by atoms with E-state index in [2.05, 4.69) is 5.32 Å². The van der Waals surface area contributed by atoms with E-state index in [1.807, 2.05) is 31.2 Å². The summed E-state index contributed by atoms with van der Waals surface area (Å²) in [6.07, 6.45) is 0. The van der Waals surface area contributed by atoms with Gasteiger partial charge in [0.05, 0.1) is 13.2 Å². The summed E-state index contributed by atoms with van der Waals surface area (Å²) in [6.45, 7) is 2.92. The van der Waals surface area contributed by atoms with Crippen molar-refractivity contribution in [2.24, 2.45) is 14.1 Å². The van der Waals surface area contributed by atoms with Crippen LogP contribution in [-0.4, -0.2) is 15.7 Å². The summed E-state index contributed by atoms with van der Waals surface area (Å²) in [6, 6.07) is 9.00. The summed E-state index contributed by atoms with van der Waals surface area (Å²) in [5, 5.41) is 3.19. The Morgan fingerprint density at radius 3 is 2.62 bits per heavy atom. The molecular formula is C15H19N3O3. The molecule has 0 spiro atoms. The summed E-state index contributed by atoms with van der Waals surface area (Å²) >= 11 is 0. The molecule has 1 N–H and O–H groups in total. The number of anilines is 1. The first-order chi connectivity index (χ1) is 10.0. The average molecular weight is 289 g/mol. The molecule has 1 aromatic heterocycles. The van der Waals surface area contributed by atoms with Gasteiger partial charge in [-0.1, -0.05) is 6.07 Å². The maximum Gasteiger partial charge on any atom is 0.330 e. The van der Waals surface area contributed by atoms with Crippen molar-refractivity contribution in [2.45, 2.75) is 13.5 Å². The fourth-order valence-electron chi connectivity index (χ4n) is 2.00. The van der Waals surface area contributed by atoms with Gasteiger partial charge >= 0.3 is 5.69 Å². The fraction of sp³-hybridized carbons (Fsp3) is 0.333. The molecule has 0 aliphatic rings. The van der Waals surface area contributed by atoms with Gasteiger partial charge in [-0.05, 0) is 19.1 Å². The number of nitrogens with one attached hydrogen (secondary N) is 1. The normalized spacial score (nSPS) is 10.4. The average Bonchev–Trinajstić information content (AvgIpc) is 2.48. The van der Waals surface area contributed by atoms with Crippen molar-refractivity contribution >= 4 is 5.69 Å². The molecule has 112 valence electrons. The van der Waals surface area contributed by atoms with E-state index in [1.165, 1.54) is 17.7 Å². The van der Waals surface area contributed by atoms with Crippen LogP contribution in [0.15, 0.2) is 39.9 Å². The van der Waals surface area contributed by atoms with Gasteiger partial charge < -0.3 is 10.1 Å². The van der Waals surface area contributed by atoms with Gasteiger partial charge in [-0.3, -0.25) is 13.9 Å². The third-order valence-corrected chi connectivity index (χ3v) is 3.24. The number of rotatable bonds is 5. The molecule has 0 amide bonds. The molecule has 0 aliphatic carbocycles. The Morgan fingerprint density at radius 1 is 1.14 bits per heavy atom. The minimum atomic E-state index is -0.331. The molecule has 2 aromatic rings. The van der Waals surface area contributed by atoms with Gasteiger partial charge in [0.1, 0.15) is 5.75 Å². The van der Waals surface area contributed by atoms with E-state index in [0.29, 0.717) is 18.8 Å². The zero-order valence-electron chi connectivity index (χ0n) is 12.4. The van der Waals surface area contributed by atoms with Crippen molar-refractivity contribution < 1.29 is 4.74 Å². The lowest BCUT2D eigenvalue weighted by molar-refractivity contribution is 0.340. The zero-order valence-corrected chi connectivity index (χ0v) is 12.4. The Kier molecular flexibility index (Phi) is 4.47. The molecule has 21 heavy (non-hydrogen) atoms. The first-order valence-corrected chi connectivity index (χ1v) is 6.75. The third kappa shape index (κ3) is 3.34. The van der Waals surface area contributed by atoms with Crippen LogP contribution < -0.4 is 21.3 Å². The third-order valence-electron chi connectivity index (χ3n) is 3.24. The number of nitrogens with zero attached hydrogens (tertiary/aromatic N) is 2. The summed E-state index contributed by atoms with van der Waals surface area (Å²) in [7, 11) is 3.11. The molecule has 2 rings (SSSR count). The molecule has 0 unspecified atom stereocenters. The second-order valence-electron chi connectivity index (χ2n) is 4.69. The minimum Gasteiger partial charge on any atom is -0.494 e. The van der Waals surface area contributed by atoms with Crippen LogP contribution in [0, 0.1) is 0 Å². The van der Waals surface area contributed by atoms with Crippen LogP contribution in [-0.2, 0) is 20.6 Å². The molecule has 1 aromatic carbocycles. The molecule has 6 nitrogen and oxygen atoms in total. The Hall–Kier alpha value is -2.50. The van der Waals surface area contributed by atoms with Gasteiger partial charge in [0, 0.05) is 37.6 Å². The molecule has 0 fully saturated rings. The number of ether oxygens (including phenoxy) is 1. The predicted octanol–water partition coefficient (Wildman–Crippen LogP) is 1.09. The predicted molar refractivity (Wildman–Crippen MR) is 81.9 cm³/mol. The number of aromatic nitrogens is 2. The maximum absolute atomic E-state index is 11.8. The Labute approximate surface area is 122 Å². The minimum absolute atomic E-state index is 0.307. The molecular weight excluding hydrogens is 270 g/mol. The fourth-order valence-corrected chi connectivity index (χ4v) is 2.00. The highest BCUT2D eigenvalue weighted by molar-refractivity contribution is 5.48. The van der Waals surface area contributed by atoms with Gasteiger partial charge in [-0.15, -0.1) is 0 Å². The lowest BCUT2D eigenvalue weighted by Crippen LogP contribution is -2.38. The highest BCUT2D eigenvalue weighted by atomic mass is 16.5. The molecule has 0 saturated carbocycles. The number of hydrogen-bond acceptors (Lipinski definition) is 4. The molecule has 6 heteroatoms. The SMILES string of the molecule is CCOc1cccc(NCc2cc(=O)n(C)c(=O)n2C)c1. The Balaban J connectivity index is 2.19. The zero-order chi connectivity index (χ0) is 15.4. The second-order valence-corrected chi connectivity index (χ2v) is 4.69. The van der Waals surface area contributed by atoms with Crippen molar-refractivity contribution in [3.63, 3.8) is 0 Å². The van der Waals surface area contributed by atoms with E-state index in [0.717, 1.165) is 16.0 Å². The van der Waals surface area contributed by atoms with Crippen molar-refractivity contribution in [1.82, 2.24) is 9.13 Å². The lowest BCUT2D eigenvalue weighted by Gasteiger charge is -2.12. The summed E-state index contributed by atoms with van der Waals surface area (Å²) in [5.74, 6) is 0.778. The first-order valence-electron chi connectivity index (χ1n) is 6.75. The summed E-state index contributed by atoms with van der Waals surface area (Å²) in [4.78, 5) is 23.5. The Morgan fingerprint density at radius 2 is 1.90 bits per heavy atom. The van der Waals surface area contributed by atoms with E-state index < -0.39 is 0 Å². The van der Waals surface area contributed by atoms with Gasteiger partial charge in [0.2, 0.25) is 0 Å². The monoisotopic (exact) mass is 289 g/mol. The van der Waals surface area contributed by atoms with Gasteiger partial charge in [-0.2, -0.15) is 0 Å². The van der Waals surface area contributed by atoms with E-state index in [1.54, 1.807) is 7.05 Å². The number of hydrogen-bond donors (Lipinski definition) is 1. The van der Waals surface area contributed by atoms with Crippen LogP contribution >= 0.6 is 0 Å². The van der Waals surface area contributed by atoms with Crippen LogP contribution in [0.2, 0.25) is 0 Å². The van der Waals surface area contributed by atoms with Crippen LogP contribution in [0.5, 0.6) is 5.75 Å². The highest BCUT2D eigenvalue weighted by Crippen LogP contribution is 2.17. The van der Waals surface area contributed by atoms with Gasteiger partial charge in [0.25, 0.3) is 5.56 Å².